The van der Waals surface area contributed by atoms with E-state index >= 15 is 0 Å². The monoisotopic (exact) mass is 381 g/mol. The van der Waals surface area contributed by atoms with Gasteiger partial charge in [0, 0.05) is 29.1 Å². The molecule has 0 saturated heterocycles. The molecule has 0 unspecified atom stereocenters. The van der Waals surface area contributed by atoms with Crippen molar-refractivity contribution in [2.75, 3.05) is 0 Å². The van der Waals surface area contributed by atoms with Gasteiger partial charge in [-0.2, -0.15) is 0 Å². The molecular weight excluding hydrogens is 369 g/mol. The molecule has 4 rings (SSSR count). The lowest BCUT2D eigenvalue weighted by atomic mass is 9.98. The van der Waals surface area contributed by atoms with E-state index in [4.69, 9.17) is 28.2 Å². The van der Waals surface area contributed by atoms with Crippen LogP contribution in [0.25, 0.3) is 33.4 Å². The van der Waals surface area contributed by atoms with Crippen molar-refractivity contribution in [2.24, 2.45) is 0 Å². The van der Waals surface area contributed by atoms with Gasteiger partial charge in [0.05, 0.1) is 16.1 Å². The minimum Gasteiger partial charge on any atom is -0.346 e. The molecule has 0 aliphatic heterocycles. The first kappa shape index (κ1) is 16.8. The second-order valence-electron chi connectivity index (χ2n) is 5.90. The molecule has 26 heavy (non-hydrogen) atoms. The van der Waals surface area contributed by atoms with Crippen LogP contribution in [0.3, 0.4) is 0 Å². The third-order valence-electron chi connectivity index (χ3n) is 4.10. The van der Waals surface area contributed by atoms with Crippen LogP contribution in [-0.2, 0) is 0 Å². The number of hydrogen-bond donors (Lipinski definition) is 1. The first-order chi connectivity index (χ1) is 12.5. The van der Waals surface area contributed by atoms with Crippen molar-refractivity contribution in [3.8, 4) is 22.4 Å². The highest BCUT2D eigenvalue weighted by atomic mass is 35.5. The van der Waals surface area contributed by atoms with E-state index in [-0.39, 0.29) is 5.43 Å². The van der Waals surface area contributed by atoms with Crippen molar-refractivity contribution in [1.29, 1.82) is 0 Å². The summed E-state index contributed by atoms with van der Waals surface area (Å²) in [6.07, 6.45) is 1.57. The van der Waals surface area contributed by atoms with Crippen molar-refractivity contribution in [2.45, 2.75) is 6.92 Å². The van der Waals surface area contributed by atoms with Crippen LogP contribution in [0, 0.1) is 6.92 Å². The fourth-order valence-corrected chi connectivity index (χ4v) is 3.64. The van der Waals surface area contributed by atoms with Crippen molar-refractivity contribution in [3.05, 3.63) is 80.8 Å². The van der Waals surface area contributed by atoms with Crippen LogP contribution in [0.4, 0.5) is 0 Å². The average molecular weight is 382 g/mol. The number of aryl methyl sites for hydroxylation is 1. The standard InChI is InChI=1S/C20H13Cl2N3O/c1-11-9-13(10-15(21)24-11)16-18(22)17-14(26)7-8-23-20(17)25-19(16)12-5-3-2-4-6-12/h2-10H,1H3,(H,23,25,26). The maximum atomic E-state index is 12.4. The summed E-state index contributed by atoms with van der Waals surface area (Å²) in [5, 5.41) is 1.06. The summed E-state index contributed by atoms with van der Waals surface area (Å²) in [5.74, 6) is 0. The minimum atomic E-state index is -0.186. The first-order valence-electron chi connectivity index (χ1n) is 7.95. The topological polar surface area (TPSA) is 58.6 Å². The fourth-order valence-electron chi connectivity index (χ4n) is 3.01. The fraction of sp³-hybridized carbons (Fsp3) is 0.0500. The van der Waals surface area contributed by atoms with Crippen LogP contribution in [0.15, 0.2) is 59.5 Å². The van der Waals surface area contributed by atoms with Gasteiger partial charge in [-0.1, -0.05) is 53.5 Å². The molecule has 4 aromatic rings. The first-order valence-corrected chi connectivity index (χ1v) is 8.71. The Kier molecular flexibility index (Phi) is 4.23. The van der Waals surface area contributed by atoms with E-state index in [1.165, 1.54) is 6.07 Å². The Balaban J connectivity index is 2.17. The highest BCUT2D eigenvalue weighted by Crippen LogP contribution is 2.39. The number of rotatable bonds is 2. The van der Waals surface area contributed by atoms with E-state index in [0.29, 0.717) is 32.5 Å². The van der Waals surface area contributed by atoms with Crippen LogP contribution in [-0.4, -0.2) is 15.0 Å². The molecule has 3 aromatic heterocycles. The zero-order valence-electron chi connectivity index (χ0n) is 13.8. The molecule has 1 aromatic carbocycles. The van der Waals surface area contributed by atoms with Crippen molar-refractivity contribution in [1.82, 2.24) is 15.0 Å². The highest BCUT2D eigenvalue weighted by molar-refractivity contribution is 6.38. The number of aromatic nitrogens is 3. The Bertz CT molecular complexity index is 1170. The van der Waals surface area contributed by atoms with Gasteiger partial charge in [0.1, 0.15) is 10.8 Å². The molecule has 0 saturated carbocycles. The van der Waals surface area contributed by atoms with Crippen LogP contribution >= 0.6 is 23.2 Å². The van der Waals surface area contributed by atoms with Crippen LogP contribution in [0.2, 0.25) is 10.2 Å². The molecule has 1 N–H and O–H groups in total. The molecule has 0 fully saturated rings. The van der Waals surface area contributed by atoms with Gasteiger partial charge < -0.3 is 4.98 Å². The quantitative estimate of drug-likeness (QED) is 0.481. The van der Waals surface area contributed by atoms with E-state index in [9.17, 15) is 4.79 Å². The van der Waals surface area contributed by atoms with Crippen LogP contribution in [0.1, 0.15) is 5.69 Å². The number of benzene rings is 1. The maximum Gasteiger partial charge on any atom is 0.192 e. The lowest BCUT2D eigenvalue weighted by Crippen LogP contribution is -2.05. The van der Waals surface area contributed by atoms with Gasteiger partial charge in [-0.15, -0.1) is 0 Å². The van der Waals surface area contributed by atoms with E-state index in [1.54, 1.807) is 12.3 Å². The molecule has 0 aliphatic carbocycles. The molecular formula is C20H13Cl2N3O. The minimum absolute atomic E-state index is 0.186. The lowest BCUT2D eigenvalue weighted by Gasteiger charge is -2.14. The third-order valence-corrected chi connectivity index (χ3v) is 4.67. The van der Waals surface area contributed by atoms with E-state index < -0.39 is 0 Å². The average Bonchev–Trinajstić information content (AvgIpc) is 2.61. The van der Waals surface area contributed by atoms with Gasteiger partial charge in [0.25, 0.3) is 0 Å². The Hall–Kier alpha value is -2.69. The summed E-state index contributed by atoms with van der Waals surface area (Å²) >= 11 is 12.9. The predicted octanol–water partition coefficient (Wildman–Crippen LogP) is 5.27. The Morgan fingerprint density at radius 1 is 0.962 bits per heavy atom. The number of pyridine rings is 3. The summed E-state index contributed by atoms with van der Waals surface area (Å²) in [7, 11) is 0. The Labute approximate surface area is 159 Å². The molecule has 0 amide bonds. The van der Waals surface area contributed by atoms with Gasteiger partial charge >= 0.3 is 0 Å². The van der Waals surface area contributed by atoms with Crippen LogP contribution in [0.5, 0.6) is 0 Å². The highest BCUT2D eigenvalue weighted by Gasteiger charge is 2.19. The molecule has 4 nitrogen and oxygen atoms in total. The summed E-state index contributed by atoms with van der Waals surface area (Å²) in [6.45, 7) is 1.85. The molecule has 6 heteroatoms. The van der Waals surface area contributed by atoms with Gasteiger partial charge in [0.2, 0.25) is 0 Å². The largest absolute Gasteiger partial charge is 0.346 e. The van der Waals surface area contributed by atoms with Gasteiger partial charge in [-0.25, -0.2) is 9.97 Å². The number of halogens is 2. The Morgan fingerprint density at radius 2 is 1.73 bits per heavy atom. The molecule has 128 valence electrons. The smallest absolute Gasteiger partial charge is 0.192 e. The van der Waals surface area contributed by atoms with Gasteiger partial charge in [0.15, 0.2) is 5.43 Å². The van der Waals surface area contributed by atoms with E-state index in [2.05, 4.69) is 9.97 Å². The molecule has 0 bridgehead atoms. The number of nitrogens with one attached hydrogen (secondary N) is 1. The zero-order chi connectivity index (χ0) is 18.3. The second kappa shape index (κ2) is 6.56. The van der Waals surface area contributed by atoms with Gasteiger partial charge in [-0.3, -0.25) is 4.79 Å². The number of aromatic amines is 1. The predicted molar refractivity (Wildman–Crippen MR) is 106 cm³/mol. The summed E-state index contributed by atoms with van der Waals surface area (Å²) in [4.78, 5) is 24.3. The molecule has 0 radical (unpaired) electrons. The summed E-state index contributed by atoms with van der Waals surface area (Å²) < 4.78 is 0. The summed E-state index contributed by atoms with van der Waals surface area (Å²) in [5.41, 5.74) is 4.01. The third kappa shape index (κ3) is 2.87. The number of fused-ring (bicyclic) bond motifs is 1. The maximum absolute atomic E-state index is 12.4. The SMILES string of the molecule is Cc1cc(-c2c(-c3ccccc3)nc3[nH]ccc(=O)c3c2Cl)cc(Cl)n1. The number of nitrogens with zero attached hydrogens (tertiary/aromatic N) is 2. The van der Waals surface area contributed by atoms with Crippen molar-refractivity contribution >= 4 is 34.2 Å². The molecule has 0 atom stereocenters. The van der Waals surface area contributed by atoms with Crippen molar-refractivity contribution < 1.29 is 0 Å². The Morgan fingerprint density at radius 3 is 2.46 bits per heavy atom. The normalized spacial score (nSPS) is 11.0. The number of hydrogen-bond acceptors (Lipinski definition) is 3. The zero-order valence-corrected chi connectivity index (χ0v) is 15.3. The molecule has 3 heterocycles. The molecule has 0 spiro atoms. The van der Waals surface area contributed by atoms with Crippen LogP contribution < -0.4 is 5.43 Å². The van der Waals surface area contributed by atoms with E-state index in [1.807, 2.05) is 43.3 Å². The van der Waals surface area contributed by atoms with Gasteiger partial charge in [-0.05, 0) is 24.6 Å². The second-order valence-corrected chi connectivity index (χ2v) is 6.67. The number of H-pyrrole nitrogens is 1. The molecule has 0 aliphatic rings. The van der Waals surface area contributed by atoms with E-state index in [0.717, 1.165) is 16.8 Å². The lowest BCUT2D eigenvalue weighted by molar-refractivity contribution is 1.20. The van der Waals surface area contributed by atoms with Crippen molar-refractivity contribution in [3.63, 3.8) is 0 Å². The summed E-state index contributed by atoms with van der Waals surface area (Å²) in [6, 6.07) is 14.7.